The monoisotopic (exact) mass is 508 g/mol. The van der Waals surface area contributed by atoms with Crippen molar-refractivity contribution in [1.82, 2.24) is 9.71 Å². The molecule has 5 rings (SSSR count). The number of furan rings is 1. The molecule has 6 nitrogen and oxygen atoms in total. The van der Waals surface area contributed by atoms with Crippen LogP contribution in [0.1, 0.15) is 43.5 Å². The Labute approximate surface area is 215 Å². The summed E-state index contributed by atoms with van der Waals surface area (Å²) in [5.41, 5.74) is 4.48. The highest BCUT2D eigenvalue weighted by atomic mass is 35.5. The van der Waals surface area contributed by atoms with Crippen molar-refractivity contribution >= 4 is 52.0 Å². The number of hydrogen-bond acceptors (Lipinski definition) is 6. The number of carbonyl (C=O) groups is 1. The van der Waals surface area contributed by atoms with Crippen LogP contribution in [0.2, 0.25) is 5.02 Å². The summed E-state index contributed by atoms with van der Waals surface area (Å²) in [6.07, 6.45) is 7.04. The van der Waals surface area contributed by atoms with Crippen molar-refractivity contribution in [3.8, 4) is 11.3 Å². The lowest BCUT2D eigenvalue weighted by Crippen LogP contribution is -2.29. The third-order valence-electron chi connectivity index (χ3n) is 5.59. The van der Waals surface area contributed by atoms with E-state index >= 15 is 0 Å². The van der Waals surface area contributed by atoms with Crippen LogP contribution < -0.4 is 14.3 Å². The second-order valence-corrected chi connectivity index (χ2v) is 9.45. The van der Waals surface area contributed by atoms with E-state index in [4.69, 9.17) is 16.0 Å². The number of fused-ring (bicyclic) bond motifs is 1. The standard InChI is InChI=1S/C23H19ClN4O2S.C4H10/c24-20-7-4-16(14-19(20)22-18-9-13-30-21(18)8-11-25-22)27-23(29)15-2-5-17(6-3-15)28-12-1-10-26-31-28;1-3-4-2/h2-9,11,13-14,26H,1,10,12H2,(H,27,29);3-4H2,1-2H3. The maximum absolute atomic E-state index is 12.8. The average Bonchev–Trinajstić information content (AvgIpc) is 3.40. The van der Waals surface area contributed by atoms with Crippen LogP contribution in [0, 0.1) is 0 Å². The molecule has 0 spiro atoms. The van der Waals surface area contributed by atoms with Crippen molar-refractivity contribution in [3.05, 3.63) is 77.6 Å². The summed E-state index contributed by atoms with van der Waals surface area (Å²) >= 11 is 8.04. The van der Waals surface area contributed by atoms with Crippen molar-refractivity contribution in [3.63, 3.8) is 0 Å². The smallest absolute Gasteiger partial charge is 0.255 e. The molecule has 0 radical (unpaired) electrons. The van der Waals surface area contributed by atoms with Crippen LogP contribution >= 0.6 is 23.7 Å². The zero-order chi connectivity index (χ0) is 24.6. The first-order valence-electron chi connectivity index (χ1n) is 11.8. The van der Waals surface area contributed by atoms with Crippen LogP contribution in [-0.2, 0) is 0 Å². The van der Waals surface area contributed by atoms with Gasteiger partial charge in [0.1, 0.15) is 5.58 Å². The molecule has 2 aromatic carbocycles. The number of amides is 1. The Hall–Kier alpha value is -3.00. The van der Waals surface area contributed by atoms with Gasteiger partial charge in [-0.15, -0.1) is 0 Å². The molecule has 1 saturated heterocycles. The van der Waals surface area contributed by atoms with Crippen LogP contribution in [0.3, 0.4) is 0 Å². The topological polar surface area (TPSA) is 70.4 Å². The van der Waals surface area contributed by atoms with E-state index < -0.39 is 0 Å². The van der Waals surface area contributed by atoms with Crippen LogP contribution in [0.15, 0.2) is 71.5 Å². The highest BCUT2D eigenvalue weighted by Gasteiger charge is 2.15. The Bertz CT molecular complexity index is 1270. The number of aromatic nitrogens is 1. The predicted octanol–water partition coefficient (Wildman–Crippen LogP) is 7.57. The van der Waals surface area contributed by atoms with E-state index in [1.165, 1.54) is 12.8 Å². The van der Waals surface area contributed by atoms with Gasteiger partial charge in [-0.25, -0.2) is 4.72 Å². The molecule has 8 heteroatoms. The fourth-order valence-electron chi connectivity index (χ4n) is 3.52. The van der Waals surface area contributed by atoms with Crippen molar-refractivity contribution in [2.75, 3.05) is 22.7 Å². The fourth-order valence-corrected chi connectivity index (χ4v) is 4.57. The van der Waals surface area contributed by atoms with Crippen LogP contribution in [0.25, 0.3) is 22.2 Å². The largest absolute Gasteiger partial charge is 0.464 e. The third-order valence-corrected chi connectivity index (χ3v) is 6.87. The minimum Gasteiger partial charge on any atom is -0.464 e. The molecular formula is C27H29ClN4O2S. The molecule has 35 heavy (non-hydrogen) atoms. The number of carbonyl (C=O) groups excluding carboxylic acids is 1. The van der Waals surface area contributed by atoms with Gasteiger partial charge in [-0.2, -0.15) is 0 Å². The fraction of sp³-hybridized carbons (Fsp3) is 0.259. The number of hydrogen-bond donors (Lipinski definition) is 2. The number of pyridine rings is 1. The van der Waals surface area contributed by atoms with Crippen molar-refractivity contribution < 1.29 is 9.21 Å². The SMILES string of the molecule is CCCC.O=C(Nc1ccc(Cl)c(-c2nccc3occc23)c1)c1ccc(N2CCCNS2)cc1. The summed E-state index contributed by atoms with van der Waals surface area (Å²) in [6.45, 7) is 6.35. The Morgan fingerprint density at radius 2 is 1.94 bits per heavy atom. The zero-order valence-electron chi connectivity index (χ0n) is 19.9. The molecule has 2 N–H and O–H groups in total. The van der Waals surface area contributed by atoms with E-state index in [9.17, 15) is 4.79 Å². The maximum atomic E-state index is 12.8. The molecule has 1 aliphatic heterocycles. The van der Waals surface area contributed by atoms with Gasteiger partial charge in [0, 0.05) is 59.3 Å². The van der Waals surface area contributed by atoms with Gasteiger partial charge in [0.15, 0.2) is 0 Å². The molecule has 1 fully saturated rings. The molecule has 4 aromatic rings. The van der Waals surface area contributed by atoms with E-state index in [0.29, 0.717) is 22.0 Å². The zero-order valence-corrected chi connectivity index (χ0v) is 21.5. The molecular weight excluding hydrogens is 480 g/mol. The van der Waals surface area contributed by atoms with Gasteiger partial charge in [-0.1, -0.05) is 38.3 Å². The molecule has 1 amide bonds. The number of halogens is 1. The number of benzene rings is 2. The minimum absolute atomic E-state index is 0.182. The van der Waals surface area contributed by atoms with E-state index in [-0.39, 0.29) is 5.91 Å². The summed E-state index contributed by atoms with van der Waals surface area (Å²) < 4.78 is 10.9. The van der Waals surface area contributed by atoms with Gasteiger partial charge in [0.05, 0.1) is 17.0 Å². The Kier molecular flexibility index (Phi) is 8.69. The Morgan fingerprint density at radius 1 is 1.14 bits per heavy atom. The first-order valence-corrected chi connectivity index (χ1v) is 13.0. The summed E-state index contributed by atoms with van der Waals surface area (Å²) in [6, 6.07) is 16.6. The molecule has 0 bridgehead atoms. The minimum atomic E-state index is -0.182. The number of unbranched alkanes of at least 4 members (excludes halogenated alkanes) is 1. The third kappa shape index (κ3) is 6.17. The molecule has 0 saturated carbocycles. The molecule has 2 aromatic heterocycles. The van der Waals surface area contributed by atoms with Crippen molar-refractivity contribution in [2.24, 2.45) is 0 Å². The molecule has 0 aliphatic carbocycles. The molecule has 1 aliphatic rings. The number of nitrogens with one attached hydrogen (secondary N) is 2. The summed E-state index contributed by atoms with van der Waals surface area (Å²) in [7, 11) is 0. The van der Waals surface area contributed by atoms with Gasteiger partial charge >= 0.3 is 0 Å². The van der Waals surface area contributed by atoms with Gasteiger partial charge in [-0.3, -0.25) is 9.78 Å². The number of anilines is 2. The highest BCUT2D eigenvalue weighted by Crippen LogP contribution is 2.34. The molecule has 3 heterocycles. The summed E-state index contributed by atoms with van der Waals surface area (Å²) in [5, 5.41) is 4.38. The lowest BCUT2D eigenvalue weighted by Gasteiger charge is -2.27. The van der Waals surface area contributed by atoms with Gasteiger partial charge in [0.25, 0.3) is 5.91 Å². The number of rotatable bonds is 5. The first-order chi connectivity index (χ1) is 17.1. The second kappa shape index (κ2) is 12.1. The summed E-state index contributed by atoms with van der Waals surface area (Å²) in [5.74, 6) is -0.182. The normalized spacial score (nSPS) is 13.3. The van der Waals surface area contributed by atoms with Gasteiger partial charge in [0.2, 0.25) is 0 Å². The second-order valence-electron chi connectivity index (χ2n) is 8.13. The highest BCUT2D eigenvalue weighted by molar-refractivity contribution is 7.98. The van der Waals surface area contributed by atoms with E-state index in [0.717, 1.165) is 41.7 Å². The predicted molar refractivity (Wildman–Crippen MR) is 147 cm³/mol. The van der Waals surface area contributed by atoms with E-state index in [1.54, 1.807) is 42.8 Å². The van der Waals surface area contributed by atoms with Crippen LogP contribution in [-0.4, -0.2) is 24.0 Å². The Balaban J connectivity index is 0.000000672. The molecule has 182 valence electrons. The summed E-state index contributed by atoms with van der Waals surface area (Å²) in [4.78, 5) is 17.3. The van der Waals surface area contributed by atoms with Crippen molar-refractivity contribution in [1.29, 1.82) is 0 Å². The lowest BCUT2D eigenvalue weighted by molar-refractivity contribution is 0.102. The Morgan fingerprint density at radius 3 is 2.66 bits per heavy atom. The van der Waals surface area contributed by atoms with Gasteiger partial charge in [-0.05, 0) is 61.0 Å². The molecule has 0 atom stereocenters. The van der Waals surface area contributed by atoms with Gasteiger partial charge < -0.3 is 14.0 Å². The first kappa shape index (κ1) is 25.1. The maximum Gasteiger partial charge on any atom is 0.255 e. The van der Waals surface area contributed by atoms with E-state index in [2.05, 4.69) is 33.2 Å². The quantitative estimate of drug-likeness (QED) is 0.271. The number of nitrogens with zero attached hydrogens (tertiary/aromatic N) is 2. The molecule has 0 unspecified atom stereocenters. The average molecular weight is 509 g/mol. The van der Waals surface area contributed by atoms with Crippen molar-refractivity contribution in [2.45, 2.75) is 33.1 Å². The van der Waals surface area contributed by atoms with E-state index in [1.807, 2.05) is 36.4 Å². The lowest BCUT2D eigenvalue weighted by atomic mass is 10.1. The van der Waals surface area contributed by atoms with Crippen LogP contribution in [0.5, 0.6) is 0 Å². The van der Waals surface area contributed by atoms with Crippen LogP contribution in [0.4, 0.5) is 11.4 Å².